The van der Waals surface area contributed by atoms with Crippen molar-refractivity contribution in [3.63, 3.8) is 0 Å². The standard InChI is InChI=1S/C54H59BN2S/c1-32-16-19-37(20-17-32)56-42-23-18-33(2)28-41(42)55-47-43(56)29-36(45-34(3)14-13-15-35(45)4)30-44(47)57(38-21-22-39-40(31-38)52(7,8)25-24-51(39,5)6)50-48(55)46-49(58-50)54(11,12)27-26-53(46,9)10/h13-23,28-31H,24-27H2,1-12H3. The fourth-order valence-electron chi connectivity index (χ4n) is 11.3. The van der Waals surface area contributed by atoms with Gasteiger partial charge in [-0.2, -0.15) is 0 Å². The molecule has 4 heteroatoms. The number of hydrogen-bond acceptors (Lipinski definition) is 3. The van der Waals surface area contributed by atoms with Crippen molar-refractivity contribution in [2.75, 3.05) is 9.80 Å². The number of anilines is 6. The van der Waals surface area contributed by atoms with E-state index in [1.165, 1.54) is 115 Å². The van der Waals surface area contributed by atoms with Crippen molar-refractivity contribution in [1.29, 1.82) is 0 Å². The number of thiophene rings is 1. The van der Waals surface area contributed by atoms with Crippen LogP contribution in [-0.4, -0.2) is 6.71 Å². The molecule has 0 amide bonds. The Kier molecular flexibility index (Phi) is 8.12. The molecule has 0 radical (unpaired) electrons. The van der Waals surface area contributed by atoms with Crippen LogP contribution in [0.1, 0.15) is 125 Å². The van der Waals surface area contributed by atoms with Gasteiger partial charge in [0, 0.05) is 33.3 Å². The molecule has 3 heterocycles. The van der Waals surface area contributed by atoms with Gasteiger partial charge in [-0.1, -0.05) is 115 Å². The van der Waals surface area contributed by atoms with Gasteiger partial charge < -0.3 is 9.80 Å². The first-order valence-electron chi connectivity index (χ1n) is 21.7. The highest BCUT2D eigenvalue weighted by Gasteiger charge is 2.51. The number of nitrogens with zero attached hydrogens (tertiary/aromatic N) is 2. The lowest BCUT2D eigenvalue weighted by atomic mass is 9.32. The molecule has 0 unspecified atom stereocenters. The summed E-state index contributed by atoms with van der Waals surface area (Å²) >= 11 is 2.10. The van der Waals surface area contributed by atoms with E-state index in [1.54, 1.807) is 15.9 Å². The van der Waals surface area contributed by atoms with Crippen LogP contribution in [0.5, 0.6) is 0 Å². The van der Waals surface area contributed by atoms with Gasteiger partial charge in [-0.05, 0) is 173 Å². The van der Waals surface area contributed by atoms with Gasteiger partial charge in [-0.3, -0.25) is 0 Å². The van der Waals surface area contributed by atoms with Gasteiger partial charge in [0.2, 0.25) is 0 Å². The van der Waals surface area contributed by atoms with E-state index in [4.69, 9.17) is 0 Å². The van der Waals surface area contributed by atoms with Gasteiger partial charge >= 0.3 is 0 Å². The van der Waals surface area contributed by atoms with Crippen molar-refractivity contribution in [1.82, 2.24) is 0 Å². The van der Waals surface area contributed by atoms with Crippen LogP contribution in [0.4, 0.5) is 33.4 Å². The van der Waals surface area contributed by atoms with E-state index in [2.05, 4.69) is 195 Å². The SMILES string of the molecule is Cc1ccc(N2c3ccc(C)cc3B3c4c2cc(-c2c(C)cccc2C)cc4N(c2ccc4c(c2)C(C)(C)CCC4(C)C)c2sc4c(c23)C(C)(C)CCC4(C)C)cc1. The fourth-order valence-corrected chi connectivity index (χ4v) is 13.0. The maximum Gasteiger partial charge on any atom is 0.253 e. The molecule has 0 saturated heterocycles. The van der Waals surface area contributed by atoms with E-state index < -0.39 is 0 Å². The van der Waals surface area contributed by atoms with Gasteiger partial charge in [0.25, 0.3) is 6.71 Å². The van der Waals surface area contributed by atoms with Crippen LogP contribution >= 0.6 is 11.3 Å². The second-order valence-corrected chi connectivity index (χ2v) is 22.0. The molecular weight excluding hydrogens is 719 g/mol. The van der Waals surface area contributed by atoms with Crippen LogP contribution in [0.3, 0.4) is 0 Å². The Balaban J connectivity index is 1.38. The molecule has 1 aromatic heterocycles. The number of fused-ring (bicyclic) bond motifs is 7. The Bertz CT molecular complexity index is 2670. The van der Waals surface area contributed by atoms with Crippen LogP contribution < -0.4 is 26.2 Å². The average molecular weight is 779 g/mol. The number of hydrogen-bond donors (Lipinski definition) is 0. The summed E-state index contributed by atoms with van der Waals surface area (Å²) in [6.45, 7) is 29.1. The second-order valence-electron chi connectivity index (χ2n) is 21.0. The molecule has 10 rings (SSSR count). The minimum atomic E-state index is 0.0520. The van der Waals surface area contributed by atoms with E-state index in [-0.39, 0.29) is 28.4 Å². The van der Waals surface area contributed by atoms with Crippen molar-refractivity contribution in [3.05, 3.63) is 135 Å². The third-order valence-electron chi connectivity index (χ3n) is 14.9. The smallest absolute Gasteiger partial charge is 0.253 e. The molecule has 0 atom stereocenters. The molecule has 0 bridgehead atoms. The lowest BCUT2D eigenvalue weighted by Gasteiger charge is -2.46. The minimum absolute atomic E-state index is 0.0520. The molecule has 0 N–H and O–H groups in total. The monoisotopic (exact) mass is 778 g/mol. The predicted molar refractivity (Wildman–Crippen MR) is 253 cm³/mol. The minimum Gasteiger partial charge on any atom is -0.311 e. The van der Waals surface area contributed by atoms with Crippen LogP contribution in [0.25, 0.3) is 11.1 Å². The van der Waals surface area contributed by atoms with Crippen LogP contribution in [0.15, 0.2) is 91.0 Å². The van der Waals surface area contributed by atoms with E-state index in [0.717, 1.165) is 0 Å². The third kappa shape index (κ3) is 5.42. The largest absolute Gasteiger partial charge is 0.311 e. The zero-order chi connectivity index (χ0) is 40.8. The number of benzene rings is 5. The van der Waals surface area contributed by atoms with Gasteiger partial charge in [0.15, 0.2) is 0 Å². The van der Waals surface area contributed by atoms with Crippen molar-refractivity contribution in [2.24, 2.45) is 0 Å². The summed E-state index contributed by atoms with van der Waals surface area (Å²) in [7, 11) is 0. The summed E-state index contributed by atoms with van der Waals surface area (Å²) in [4.78, 5) is 6.91. The van der Waals surface area contributed by atoms with E-state index >= 15 is 0 Å². The second kappa shape index (κ2) is 12.5. The van der Waals surface area contributed by atoms with Gasteiger partial charge in [-0.15, -0.1) is 11.3 Å². The molecule has 5 aromatic carbocycles. The highest BCUT2D eigenvalue weighted by molar-refractivity contribution is 7.20. The topological polar surface area (TPSA) is 6.48 Å². The van der Waals surface area contributed by atoms with Crippen LogP contribution in [0.2, 0.25) is 0 Å². The Morgan fingerprint density at radius 2 is 1.10 bits per heavy atom. The molecule has 0 spiro atoms. The zero-order valence-electron chi connectivity index (χ0n) is 36.9. The van der Waals surface area contributed by atoms with E-state index in [1.807, 2.05) is 0 Å². The van der Waals surface area contributed by atoms with Gasteiger partial charge in [0.1, 0.15) is 0 Å². The Morgan fingerprint density at radius 1 is 0.517 bits per heavy atom. The first-order chi connectivity index (χ1) is 27.4. The molecule has 58 heavy (non-hydrogen) atoms. The molecule has 2 nitrogen and oxygen atoms in total. The predicted octanol–water partition coefficient (Wildman–Crippen LogP) is 13.4. The average Bonchev–Trinajstić information content (AvgIpc) is 3.59. The number of rotatable bonds is 3. The van der Waals surface area contributed by atoms with Crippen molar-refractivity contribution >= 4 is 67.9 Å². The lowest BCUT2D eigenvalue weighted by Crippen LogP contribution is -2.62. The fraction of sp³-hybridized carbons (Fsp3) is 0.370. The molecule has 4 aliphatic rings. The third-order valence-corrected chi connectivity index (χ3v) is 16.4. The van der Waals surface area contributed by atoms with Crippen molar-refractivity contribution < 1.29 is 0 Å². The highest BCUT2D eigenvalue weighted by Crippen LogP contribution is 2.56. The molecule has 294 valence electrons. The summed E-state index contributed by atoms with van der Waals surface area (Å²) in [5.74, 6) is 0. The van der Waals surface area contributed by atoms with Gasteiger partial charge in [-0.25, -0.2) is 0 Å². The maximum atomic E-state index is 2.74. The van der Waals surface area contributed by atoms with Crippen molar-refractivity contribution in [2.45, 2.75) is 130 Å². The summed E-state index contributed by atoms with van der Waals surface area (Å²) in [6.07, 6.45) is 4.79. The Labute approximate surface area is 352 Å². The molecule has 2 aliphatic carbocycles. The van der Waals surface area contributed by atoms with E-state index in [9.17, 15) is 0 Å². The van der Waals surface area contributed by atoms with Crippen LogP contribution in [0, 0.1) is 27.7 Å². The summed E-state index contributed by atoms with van der Waals surface area (Å²) in [6, 6.07) is 35.9. The zero-order valence-corrected chi connectivity index (χ0v) is 37.7. The summed E-state index contributed by atoms with van der Waals surface area (Å²) in [5, 5.41) is 1.42. The normalized spacial score (nSPS) is 18.9. The van der Waals surface area contributed by atoms with Gasteiger partial charge in [0.05, 0.1) is 5.00 Å². The first kappa shape index (κ1) is 37.7. The Hall–Kier alpha value is -4.54. The molecule has 0 saturated carbocycles. The highest BCUT2D eigenvalue weighted by atomic mass is 32.1. The first-order valence-corrected chi connectivity index (χ1v) is 22.5. The maximum absolute atomic E-state index is 2.74. The summed E-state index contributed by atoms with van der Waals surface area (Å²) < 4.78 is 0. The number of aryl methyl sites for hydroxylation is 4. The summed E-state index contributed by atoms with van der Waals surface area (Å²) in [5.41, 5.74) is 23.6. The lowest BCUT2D eigenvalue weighted by molar-refractivity contribution is 0.332. The van der Waals surface area contributed by atoms with Crippen molar-refractivity contribution in [3.8, 4) is 11.1 Å². The Morgan fingerprint density at radius 3 is 1.79 bits per heavy atom. The molecule has 2 aliphatic heterocycles. The molecule has 6 aromatic rings. The quantitative estimate of drug-likeness (QED) is 0.165. The molecule has 0 fully saturated rings. The molecular formula is C54H59BN2S. The van der Waals surface area contributed by atoms with Crippen LogP contribution in [-0.2, 0) is 21.7 Å². The van der Waals surface area contributed by atoms with E-state index in [0.29, 0.717) is 0 Å².